The summed E-state index contributed by atoms with van der Waals surface area (Å²) in [4.78, 5) is 2.60. The lowest BCUT2D eigenvalue weighted by molar-refractivity contribution is 0.177. The molecule has 1 unspecified atom stereocenters. The van der Waals surface area contributed by atoms with Gasteiger partial charge in [0.15, 0.2) is 0 Å². The van der Waals surface area contributed by atoms with Crippen molar-refractivity contribution in [1.82, 2.24) is 4.90 Å². The molecule has 1 saturated heterocycles. The van der Waals surface area contributed by atoms with Gasteiger partial charge in [0.2, 0.25) is 0 Å². The molecule has 1 rings (SSSR count). The highest BCUT2D eigenvalue weighted by atomic mass is 15.2. The summed E-state index contributed by atoms with van der Waals surface area (Å²) in [5.74, 6) is 0.861. The Bertz CT molecular complexity index is 193. The first-order chi connectivity index (χ1) is 5.92. The summed E-state index contributed by atoms with van der Waals surface area (Å²) in [6.45, 7) is 15.6. The van der Waals surface area contributed by atoms with Gasteiger partial charge in [0.1, 0.15) is 0 Å². The van der Waals surface area contributed by atoms with Crippen LogP contribution >= 0.6 is 0 Å². The van der Waals surface area contributed by atoms with Crippen LogP contribution in [-0.2, 0) is 0 Å². The Kier molecular flexibility index (Phi) is 3.18. The molecule has 0 radical (unpaired) electrons. The minimum atomic E-state index is 0.412. The van der Waals surface area contributed by atoms with Crippen molar-refractivity contribution in [1.29, 1.82) is 0 Å². The molecule has 0 aromatic carbocycles. The van der Waals surface area contributed by atoms with Crippen molar-refractivity contribution in [3.05, 3.63) is 12.2 Å². The summed E-state index contributed by atoms with van der Waals surface area (Å²) >= 11 is 0. The van der Waals surface area contributed by atoms with Crippen molar-refractivity contribution in [2.45, 2.75) is 46.1 Å². The van der Waals surface area contributed by atoms with Gasteiger partial charge in [-0.2, -0.15) is 0 Å². The zero-order valence-electron chi connectivity index (χ0n) is 9.56. The smallest absolute Gasteiger partial charge is 0.0156 e. The van der Waals surface area contributed by atoms with Gasteiger partial charge < -0.3 is 0 Å². The second-order valence-electron chi connectivity index (χ2n) is 5.27. The van der Waals surface area contributed by atoms with Gasteiger partial charge in [-0.1, -0.05) is 12.5 Å². The molecule has 1 heterocycles. The molecule has 0 aliphatic carbocycles. The van der Waals surface area contributed by atoms with Crippen molar-refractivity contribution in [2.24, 2.45) is 5.92 Å². The maximum Gasteiger partial charge on any atom is 0.0156 e. The van der Waals surface area contributed by atoms with Crippen LogP contribution in [0.2, 0.25) is 0 Å². The van der Waals surface area contributed by atoms with Gasteiger partial charge in [0, 0.05) is 18.6 Å². The molecule has 1 atom stereocenters. The maximum atomic E-state index is 3.96. The van der Waals surface area contributed by atoms with E-state index in [-0.39, 0.29) is 0 Å². The second-order valence-corrected chi connectivity index (χ2v) is 5.27. The van der Waals surface area contributed by atoms with Crippen LogP contribution < -0.4 is 0 Å². The molecular weight excluding hydrogens is 158 g/mol. The molecule has 1 heteroatoms. The van der Waals surface area contributed by atoms with Gasteiger partial charge in [-0.05, 0) is 39.5 Å². The normalized spacial score (nSPS) is 27.8. The minimum absolute atomic E-state index is 0.412. The van der Waals surface area contributed by atoms with Crippen molar-refractivity contribution in [3.63, 3.8) is 0 Å². The average Bonchev–Trinajstić information content (AvgIpc) is 2.19. The molecule has 0 amide bonds. The Labute approximate surface area is 82.8 Å². The third kappa shape index (κ3) is 2.84. The molecule has 0 bridgehead atoms. The van der Waals surface area contributed by atoms with Crippen molar-refractivity contribution in [2.75, 3.05) is 13.1 Å². The van der Waals surface area contributed by atoms with Crippen LogP contribution in [0, 0.1) is 5.92 Å². The van der Waals surface area contributed by atoms with E-state index in [2.05, 4.69) is 39.2 Å². The van der Waals surface area contributed by atoms with Gasteiger partial charge in [-0.15, -0.1) is 6.58 Å². The third-order valence-corrected chi connectivity index (χ3v) is 3.04. The Morgan fingerprint density at radius 2 is 2.15 bits per heavy atom. The van der Waals surface area contributed by atoms with Crippen LogP contribution in [0.4, 0.5) is 0 Å². The minimum Gasteiger partial charge on any atom is -0.298 e. The van der Waals surface area contributed by atoms with E-state index < -0.39 is 0 Å². The van der Waals surface area contributed by atoms with Crippen LogP contribution in [-0.4, -0.2) is 23.5 Å². The Hall–Kier alpha value is -0.300. The first-order valence-corrected chi connectivity index (χ1v) is 5.31. The Morgan fingerprint density at radius 3 is 2.54 bits per heavy atom. The van der Waals surface area contributed by atoms with Crippen molar-refractivity contribution in [3.8, 4) is 0 Å². The van der Waals surface area contributed by atoms with Crippen LogP contribution in [0.3, 0.4) is 0 Å². The summed E-state index contributed by atoms with van der Waals surface area (Å²) in [6, 6.07) is 0. The van der Waals surface area contributed by atoms with E-state index in [0.29, 0.717) is 5.54 Å². The van der Waals surface area contributed by atoms with E-state index in [1.54, 1.807) is 0 Å². The second kappa shape index (κ2) is 3.83. The summed E-state index contributed by atoms with van der Waals surface area (Å²) < 4.78 is 0. The van der Waals surface area contributed by atoms with Crippen molar-refractivity contribution < 1.29 is 0 Å². The number of nitrogens with zero attached hydrogens (tertiary/aromatic N) is 1. The SMILES string of the molecule is C=C(C)CCN1CC(C)CC1(C)C. The van der Waals surface area contributed by atoms with E-state index in [0.717, 1.165) is 12.3 Å². The molecule has 0 aromatic heterocycles. The first kappa shape index (κ1) is 10.8. The fourth-order valence-electron chi connectivity index (χ4n) is 2.39. The summed E-state index contributed by atoms with van der Waals surface area (Å²) in [7, 11) is 0. The monoisotopic (exact) mass is 181 g/mol. The number of hydrogen-bond acceptors (Lipinski definition) is 1. The lowest BCUT2D eigenvalue weighted by Crippen LogP contribution is -2.38. The topological polar surface area (TPSA) is 3.24 Å². The van der Waals surface area contributed by atoms with Gasteiger partial charge in [-0.25, -0.2) is 0 Å². The van der Waals surface area contributed by atoms with E-state index in [1.165, 1.54) is 25.1 Å². The van der Waals surface area contributed by atoms with E-state index >= 15 is 0 Å². The predicted molar refractivity (Wildman–Crippen MR) is 58.9 cm³/mol. The summed E-state index contributed by atoms with van der Waals surface area (Å²) in [6.07, 6.45) is 2.49. The van der Waals surface area contributed by atoms with Gasteiger partial charge >= 0.3 is 0 Å². The third-order valence-electron chi connectivity index (χ3n) is 3.04. The molecule has 1 aliphatic heterocycles. The van der Waals surface area contributed by atoms with E-state index in [9.17, 15) is 0 Å². The molecule has 1 nitrogen and oxygen atoms in total. The van der Waals surface area contributed by atoms with Crippen LogP contribution in [0.1, 0.15) is 40.5 Å². The highest BCUT2D eigenvalue weighted by Gasteiger charge is 2.35. The fourth-order valence-corrected chi connectivity index (χ4v) is 2.39. The standard InChI is InChI=1S/C12H23N/c1-10(2)6-7-13-9-11(3)8-12(13,4)5/h11H,1,6-9H2,2-5H3. The molecule has 1 fully saturated rings. The summed E-state index contributed by atoms with van der Waals surface area (Å²) in [5, 5.41) is 0. The first-order valence-electron chi connectivity index (χ1n) is 5.31. The Balaban J connectivity index is 2.45. The largest absolute Gasteiger partial charge is 0.298 e. The van der Waals surface area contributed by atoms with Gasteiger partial charge in [-0.3, -0.25) is 4.90 Å². The highest BCUT2D eigenvalue weighted by Crippen LogP contribution is 2.32. The quantitative estimate of drug-likeness (QED) is 0.605. The highest BCUT2D eigenvalue weighted by molar-refractivity contribution is 4.95. The molecule has 0 aromatic rings. The van der Waals surface area contributed by atoms with Crippen molar-refractivity contribution >= 4 is 0 Å². The number of likely N-dealkylation sites (tertiary alicyclic amines) is 1. The average molecular weight is 181 g/mol. The van der Waals surface area contributed by atoms with E-state index in [4.69, 9.17) is 0 Å². The summed E-state index contributed by atoms with van der Waals surface area (Å²) in [5.41, 5.74) is 1.71. The number of hydrogen-bond donors (Lipinski definition) is 0. The Morgan fingerprint density at radius 1 is 1.54 bits per heavy atom. The zero-order chi connectivity index (χ0) is 10.1. The number of rotatable bonds is 3. The van der Waals surface area contributed by atoms with E-state index in [1.807, 2.05) is 0 Å². The van der Waals surface area contributed by atoms with Crippen LogP contribution in [0.5, 0.6) is 0 Å². The molecule has 1 aliphatic rings. The molecule has 0 saturated carbocycles. The lowest BCUT2D eigenvalue weighted by atomic mass is 9.97. The fraction of sp³-hybridized carbons (Fsp3) is 0.833. The van der Waals surface area contributed by atoms with Crippen LogP contribution in [0.25, 0.3) is 0 Å². The predicted octanol–water partition coefficient (Wildman–Crippen LogP) is 3.07. The molecule has 0 spiro atoms. The lowest BCUT2D eigenvalue weighted by Gasteiger charge is -2.31. The molecule has 0 N–H and O–H groups in total. The van der Waals surface area contributed by atoms with Crippen LogP contribution in [0.15, 0.2) is 12.2 Å². The van der Waals surface area contributed by atoms with Gasteiger partial charge in [0.05, 0.1) is 0 Å². The van der Waals surface area contributed by atoms with Gasteiger partial charge in [0.25, 0.3) is 0 Å². The maximum absolute atomic E-state index is 3.96. The zero-order valence-corrected chi connectivity index (χ0v) is 9.56. The molecular formula is C12H23N. The molecule has 76 valence electrons. The molecule has 13 heavy (non-hydrogen) atoms.